The van der Waals surface area contributed by atoms with Crippen LogP contribution < -0.4 is 0 Å². The predicted octanol–water partition coefficient (Wildman–Crippen LogP) is 0.758. The van der Waals surface area contributed by atoms with Crippen LogP contribution in [0.1, 0.15) is 19.8 Å². The number of hydrogen-bond acceptors (Lipinski definition) is 2. The summed E-state index contributed by atoms with van der Waals surface area (Å²) in [5, 5.41) is 0. The van der Waals surface area contributed by atoms with Gasteiger partial charge in [0.05, 0.1) is 0 Å². The summed E-state index contributed by atoms with van der Waals surface area (Å²) in [6.45, 7) is 2.25. The van der Waals surface area contributed by atoms with Crippen molar-refractivity contribution in [2.24, 2.45) is 0 Å². The van der Waals surface area contributed by atoms with E-state index in [1.165, 1.54) is 6.92 Å². The van der Waals surface area contributed by atoms with Crippen LogP contribution in [0.25, 0.3) is 0 Å². The molecule has 2 nitrogen and oxygen atoms in total. The van der Waals surface area contributed by atoms with E-state index in [4.69, 9.17) is 4.74 Å². The SMILES string of the molecule is CC(=O)C#CC1CCCO1. The molecule has 54 valence electrons. The standard InChI is InChI=1S/C8H10O2/c1-7(9)4-5-8-3-2-6-10-8/h8H,2-3,6H2,1H3. The van der Waals surface area contributed by atoms with Crippen LogP contribution in [0.5, 0.6) is 0 Å². The second-order valence-electron chi connectivity index (χ2n) is 2.33. The molecule has 1 saturated heterocycles. The summed E-state index contributed by atoms with van der Waals surface area (Å²) in [5.74, 6) is 5.15. The van der Waals surface area contributed by atoms with Crippen molar-refractivity contribution < 1.29 is 9.53 Å². The number of carbonyl (C=O) groups excluding carboxylic acids is 1. The Morgan fingerprint density at radius 1 is 1.70 bits per heavy atom. The number of Topliss-reactive ketones (excluding diaryl/α,β-unsaturated/α-hetero) is 1. The molecule has 1 aliphatic rings. The molecule has 0 bridgehead atoms. The fraction of sp³-hybridized carbons (Fsp3) is 0.625. The van der Waals surface area contributed by atoms with Gasteiger partial charge in [-0.1, -0.05) is 5.92 Å². The zero-order chi connectivity index (χ0) is 7.40. The van der Waals surface area contributed by atoms with E-state index in [9.17, 15) is 4.79 Å². The summed E-state index contributed by atoms with van der Waals surface area (Å²) in [6.07, 6.45) is 2.06. The second kappa shape index (κ2) is 3.38. The molecule has 10 heavy (non-hydrogen) atoms. The minimum Gasteiger partial charge on any atom is -0.366 e. The Kier molecular flexibility index (Phi) is 2.47. The maximum atomic E-state index is 10.4. The van der Waals surface area contributed by atoms with E-state index < -0.39 is 0 Å². The van der Waals surface area contributed by atoms with Gasteiger partial charge in [-0.05, 0) is 18.8 Å². The first-order valence-corrected chi connectivity index (χ1v) is 3.43. The number of hydrogen-bond donors (Lipinski definition) is 0. The number of ketones is 1. The Hall–Kier alpha value is -0.810. The van der Waals surface area contributed by atoms with Crippen molar-refractivity contribution in [2.75, 3.05) is 6.61 Å². The molecule has 1 rings (SSSR count). The van der Waals surface area contributed by atoms with Crippen LogP contribution in [0.15, 0.2) is 0 Å². The minimum absolute atomic E-state index is 0.0175. The Balaban J connectivity index is 2.38. The normalized spacial score (nSPS) is 23.5. The van der Waals surface area contributed by atoms with Gasteiger partial charge in [-0.25, -0.2) is 0 Å². The Bertz CT molecular complexity index is 179. The molecule has 0 aromatic rings. The van der Waals surface area contributed by atoms with Crippen molar-refractivity contribution in [3.8, 4) is 11.8 Å². The lowest BCUT2D eigenvalue weighted by Crippen LogP contribution is -2.00. The molecule has 1 fully saturated rings. The lowest BCUT2D eigenvalue weighted by atomic mass is 10.2. The molecule has 0 aromatic heterocycles. The largest absolute Gasteiger partial charge is 0.366 e. The van der Waals surface area contributed by atoms with Gasteiger partial charge >= 0.3 is 0 Å². The van der Waals surface area contributed by atoms with Gasteiger partial charge in [0.2, 0.25) is 5.78 Å². The molecule has 0 aromatic carbocycles. The number of carbonyl (C=O) groups is 1. The zero-order valence-corrected chi connectivity index (χ0v) is 6.02. The summed E-state index contributed by atoms with van der Waals surface area (Å²) >= 11 is 0. The monoisotopic (exact) mass is 138 g/mol. The topological polar surface area (TPSA) is 26.3 Å². The highest BCUT2D eigenvalue weighted by atomic mass is 16.5. The molecule has 2 heteroatoms. The van der Waals surface area contributed by atoms with Gasteiger partial charge < -0.3 is 4.74 Å². The Labute approximate surface area is 60.6 Å². The Morgan fingerprint density at radius 2 is 2.50 bits per heavy atom. The summed E-state index contributed by atoms with van der Waals surface area (Å²) in [5.41, 5.74) is 0. The van der Waals surface area contributed by atoms with Crippen molar-refractivity contribution in [1.29, 1.82) is 0 Å². The molecular formula is C8H10O2. The Morgan fingerprint density at radius 3 is 3.00 bits per heavy atom. The van der Waals surface area contributed by atoms with Gasteiger partial charge in [0.1, 0.15) is 6.10 Å². The molecule has 1 aliphatic heterocycles. The van der Waals surface area contributed by atoms with Crippen molar-refractivity contribution >= 4 is 5.78 Å². The van der Waals surface area contributed by atoms with Crippen molar-refractivity contribution in [1.82, 2.24) is 0 Å². The molecular weight excluding hydrogens is 128 g/mol. The highest BCUT2D eigenvalue weighted by Gasteiger charge is 2.11. The molecule has 1 atom stereocenters. The van der Waals surface area contributed by atoms with E-state index in [-0.39, 0.29) is 11.9 Å². The highest BCUT2D eigenvalue weighted by molar-refractivity contribution is 5.93. The lowest BCUT2D eigenvalue weighted by Gasteiger charge is -1.95. The molecule has 0 spiro atoms. The number of rotatable bonds is 0. The third-order valence-corrected chi connectivity index (χ3v) is 1.34. The van der Waals surface area contributed by atoms with E-state index in [1.807, 2.05) is 0 Å². The quantitative estimate of drug-likeness (QED) is 0.365. The van der Waals surface area contributed by atoms with Crippen LogP contribution in [0.2, 0.25) is 0 Å². The van der Waals surface area contributed by atoms with Gasteiger partial charge in [0, 0.05) is 13.5 Å². The first-order valence-electron chi connectivity index (χ1n) is 3.43. The van der Waals surface area contributed by atoms with Crippen LogP contribution in [-0.2, 0) is 9.53 Å². The zero-order valence-electron chi connectivity index (χ0n) is 6.02. The smallest absolute Gasteiger partial charge is 0.202 e. The van der Waals surface area contributed by atoms with Crippen LogP contribution >= 0.6 is 0 Å². The summed E-state index contributed by atoms with van der Waals surface area (Å²) in [7, 11) is 0. The van der Waals surface area contributed by atoms with Crippen LogP contribution in [0.3, 0.4) is 0 Å². The first kappa shape index (κ1) is 7.30. The molecule has 0 amide bonds. The fourth-order valence-corrected chi connectivity index (χ4v) is 0.874. The third-order valence-electron chi connectivity index (χ3n) is 1.34. The van der Waals surface area contributed by atoms with Crippen LogP contribution in [0, 0.1) is 11.8 Å². The van der Waals surface area contributed by atoms with E-state index in [1.54, 1.807) is 0 Å². The molecule has 1 unspecified atom stereocenters. The van der Waals surface area contributed by atoms with Crippen molar-refractivity contribution in [3.63, 3.8) is 0 Å². The molecule has 1 heterocycles. The van der Waals surface area contributed by atoms with E-state index in [0.717, 1.165) is 19.4 Å². The van der Waals surface area contributed by atoms with Gasteiger partial charge in [-0.3, -0.25) is 4.79 Å². The average molecular weight is 138 g/mol. The summed E-state index contributed by atoms with van der Waals surface area (Å²) in [4.78, 5) is 10.4. The minimum atomic E-state index is -0.0875. The van der Waals surface area contributed by atoms with E-state index in [2.05, 4.69) is 11.8 Å². The first-order chi connectivity index (χ1) is 4.79. The lowest BCUT2D eigenvalue weighted by molar-refractivity contribution is -0.111. The molecule has 0 N–H and O–H groups in total. The molecule has 0 aliphatic carbocycles. The maximum absolute atomic E-state index is 10.4. The average Bonchev–Trinajstić information content (AvgIpc) is 2.34. The second-order valence-corrected chi connectivity index (χ2v) is 2.33. The van der Waals surface area contributed by atoms with Gasteiger partial charge in [-0.15, -0.1) is 0 Å². The molecule has 0 saturated carbocycles. The predicted molar refractivity (Wildman–Crippen MR) is 37.4 cm³/mol. The van der Waals surface area contributed by atoms with Gasteiger partial charge in [0.15, 0.2) is 0 Å². The van der Waals surface area contributed by atoms with E-state index in [0.29, 0.717) is 0 Å². The maximum Gasteiger partial charge on any atom is 0.202 e. The van der Waals surface area contributed by atoms with Crippen LogP contribution in [0.4, 0.5) is 0 Å². The third kappa shape index (κ3) is 2.20. The number of ether oxygens (including phenoxy) is 1. The van der Waals surface area contributed by atoms with Gasteiger partial charge in [0.25, 0.3) is 0 Å². The molecule has 0 radical (unpaired) electrons. The summed E-state index contributed by atoms with van der Waals surface area (Å²) < 4.78 is 5.18. The highest BCUT2D eigenvalue weighted by Crippen LogP contribution is 2.09. The fourth-order valence-electron chi connectivity index (χ4n) is 0.874. The van der Waals surface area contributed by atoms with Crippen molar-refractivity contribution in [2.45, 2.75) is 25.9 Å². The summed E-state index contributed by atoms with van der Waals surface area (Å²) in [6, 6.07) is 0. The van der Waals surface area contributed by atoms with E-state index >= 15 is 0 Å². The van der Waals surface area contributed by atoms with Gasteiger partial charge in [-0.2, -0.15) is 0 Å². The van der Waals surface area contributed by atoms with Crippen molar-refractivity contribution in [3.05, 3.63) is 0 Å². The van der Waals surface area contributed by atoms with Crippen LogP contribution in [-0.4, -0.2) is 18.5 Å².